The minimum atomic E-state index is -5.40. The summed E-state index contributed by atoms with van der Waals surface area (Å²) in [7, 11) is 1.10. The summed E-state index contributed by atoms with van der Waals surface area (Å²) in [6.07, 6.45) is -10.8. The topological polar surface area (TPSA) is 66.2 Å². The van der Waals surface area contributed by atoms with E-state index in [1.165, 1.54) is 18.4 Å². The lowest BCUT2D eigenvalue weighted by molar-refractivity contribution is -0.143. The van der Waals surface area contributed by atoms with Gasteiger partial charge in [0.05, 0.1) is 17.5 Å². The highest BCUT2D eigenvalue weighted by Gasteiger charge is 2.44. The number of amides is 3. The summed E-state index contributed by atoms with van der Waals surface area (Å²) >= 11 is 0. The molecule has 0 bridgehead atoms. The first-order chi connectivity index (χ1) is 17.3. The van der Waals surface area contributed by atoms with Crippen molar-refractivity contribution in [2.45, 2.75) is 12.4 Å². The smallest absolute Gasteiger partial charge is 0.420 e. The van der Waals surface area contributed by atoms with Gasteiger partial charge in [0.15, 0.2) is 5.75 Å². The van der Waals surface area contributed by atoms with Gasteiger partial charge in [-0.3, -0.25) is 14.7 Å². The van der Waals surface area contributed by atoms with Crippen molar-refractivity contribution in [2.75, 3.05) is 34.8 Å². The second-order valence-electron chi connectivity index (χ2n) is 7.81. The molecule has 0 spiro atoms. The molecule has 4 rings (SSSR count). The second kappa shape index (κ2) is 9.33. The summed E-state index contributed by atoms with van der Waals surface area (Å²) in [5.74, 6) is -1.93. The van der Waals surface area contributed by atoms with Crippen LogP contribution in [-0.2, 0) is 12.4 Å². The molecule has 2 heterocycles. The molecule has 0 N–H and O–H groups in total. The molecule has 1 aliphatic heterocycles. The first-order valence-corrected chi connectivity index (χ1v) is 10.4. The SMILES string of the molecule is CN(C(=O)Oc1c(N2CCN(c3ccco3)C2=O)cc(C(F)(F)F)cc1C(F)(F)F)c1ccc(F)cc1. The Morgan fingerprint density at radius 1 is 0.973 bits per heavy atom. The average molecular weight is 531 g/mol. The van der Waals surface area contributed by atoms with Crippen LogP contribution in [0.1, 0.15) is 11.1 Å². The van der Waals surface area contributed by atoms with Gasteiger partial charge in [0, 0.05) is 31.9 Å². The van der Waals surface area contributed by atoms with Crippen LogP contribution >= 0.6 is 0 Å². The normalized spacial score (nSPS) is 14.3. The molecular formula is C23H16F7N3O4. The number of hydrogen-bond donors (Lipinski definition) is 0. The van der Waals surface area contributed by atoms with Gasteiger partial charge >= 0.3 is 24.5 Å². The molecule has 37 heavy (non-hydrogen) atoms. The van der Waals surface area contributed by atoms with E-state index in [0.29, 0.717) is 11.0 Å². The molecule has 7 nitrogen and oxygen atoms in total. The standard InChI is InChI=1S/C23H16F7N3O4/c1-31(15-6-4-14(24)5-7-15)21(35)37-19-16(23(28,29)30)11-13(22(25,26)27)12-17(19)32-8-9-33(20(32)34)18-3-2-10-36-18/h2-7,10-12H,8-9H2,1H3. The van der Waals surface area contributed by atoms with Crippen LogP contribution in [0.25, 0.3) is 0 Å². The van der Waals surface area contributed by atoms with E-state index in [1.54, 1.807) is 0 Å². The van der Waals surface area contributed by atoms with Crippen molar-refractivity contribution in [3.63, 3.8) is 0 Å². The third-order valence-corrected chi connectivity index (χ3v) is 5.45. The minimum Gasteiger partial charge on any atom is -0.448 e. The number of hydrogen-bond acceptors (Lipinski definition) is 4. The third kappa shape index (κ3) is 5.17. The quantitative estimate of drug-likeness (QED) is 0.359. The molecular weight excluding hydrogens is 515 g/mol. The summed E-state index contributed by atoms with van der Waals surface area (Å²) in [6.45, 7) is -0.469. The Hall–Kier alpha value is -4.23. The molecule has 0 radical (unpaired) electrons. The largest absolute Gasteiger partial charge is 0.448 e. The number of furan rings is 1. The molecule has 3 amide bonds. The monoisotopic (exact) mass is 531 g/mol. The lowest BCUT2D eigenvalue weighted by Gasteiger charge is -2.25. The van der Waals surface area contributed by atoms with E-state index < -0.39 is 52.9 Å². The summed E-state index contributed by atoms with van der Waals surface area (Å²) in [6, 6.07) is 6.18. The zero-order valence-corrected chi connectivity index (χ0v) is 18.7. The molecule has 1 aliphatic rings. The van der Waals surface area contributed by atoms with Crippen LogP contribution in [0.4, 0.5) is 57.6 Å². The highest BCUT2D eigenvalue weighted by Crippen LogP contribution is 2.47. The first kappa shape index (κ1) is 25.9. The number of urea groups is 1. The van der Waals surface area contributed by atoms with Crippen molar-refractivity contribution < 1.29 is 49.5 Å². The van der Waals surface area contributed by atoms with Gasteiger partial charge < -0.3 is 9.15 Å². The zero-order valence-electron chi connectivity index (χ0n) is 18.7. The Bertz CT molecular complexity index is 1310. The predicted molar refractivity (Wildman–Crippen MR) is 116 cm³/mol. The number of rotatable bonds is 4. The van der Waals surface area contributed by atoms with E-state index in [4.69, 9.17) is 9.15 Å². The Morgan fingerprint density at radius 3 is 2.19 bits per heavy atom. The van der Waals surface area contributed by atoms with Gasteiger partial charge in [-0.05, 0) is 42.5 Å². The fourth-order valence-corrected chi connectivity index (χ4v) is 3.61. The molecule has 1 fully saturated rings. The van der Waals surface area contributed by atoms with Crippen molar-refractivity contribution in [1.29, 1.82) is 0 Å². The minimum absolute atomic E-state index is 0.0186. The molecule has 0 unspecified atom stereocenters. The molecule has 0 saturated carbocycles. The highest BCUT2D eigenvalue weighted by molar-refractivity contribution is 6.06. The average Bonchev–Trinajstić information content (AvgIpc) is 3.47. The maximum atomic E-state index is 14.0. The van der Waals surface area contributed by atoms with Crippen molar-refractivity contribution in [2.24, 2.45) is 0 Å². The lowest BCUT2D eigenvalue weighted by Crippen LogP contribution is -2.34. The third-order valence-electron chi connectivity index (χ3n) is 5.45. The second-order valence-corrected chi connectivity index (χ2v) is 7.81. The van der Waals surface area contributed by atoms with Gasteiger partial charge in [0.1, 0.15) is 11.4 Å². The van der Waals surface area contributed by atoms with Crippen LogP contribution in [0.2, 0.25) is 0 Å². The highest BCUT2D eigenvalue weighted by atomic mass is 19.4. The van der Waals surface area contributed by atoms with Crippen LogP contribution in [0.5, 0.6) is 5.75 Å². The Morgan fingerprint density at radius 2 is 1.62 bits per heavy atom. The van der Waals surface area contributed by atoms with Gasteiger partial charge in [0.2, 0.25) is 5.88 Å². The molecule has 1 aromatic heterocycles. The summed E-state index contributed by atoms with van der Waals surface area (Å²) in [5, 5.41) is 0. The first-order valence-electron chi connectivity index (χ1n) is 10.4. The number of anilines is 3. The Balaban J connectivity index is 1.81. The molecule has 3 aromatic rings. The van der Waals surface area contributed by atoms with E-state index in [-0.39, 0.29) is 30.7 Å². The van der Waals surface area contributed by atoms with Gasteiger partial charge in [-0.25, -0.2) is 14.0 Å². The van der Waals surface area contributed by atoms with E-state index in [9.17, 15) is 40.3 Å². The maximum absolute atomic E-state index is 14.0. The van der Waals surface area contributed by atoms with Gasteiger partial charge in [-0.1, -0.05) is 0 Å². The number of nitrogens with zero attached hydrogens (tertiary/aromatic N) is 3. The van der Waals surface area contributed by atoms with Crippen LogP contribution in [0.3, 0.4) is 0 Å². The fourth-order valence-electron chi connectivity index (χ4n) is 3.61. The van der Waals surface area contributed by atoms with E-state index in [2.05, 4.69) is 0 Å². The summed E-state index contributed by atoms with van der Waals surface area (Å²) < 4.78 is 106. The number of benzene rings is 2. The van der Waals surface area contributed by atoms with Crippen LogP contribution in [0, 0.1) is 5.82 Å². The van der Waals surface area contributed by atoms with Crippen LogP contribution in [0.15, 0.2) is 59.2 Å². The molecule has 196 valence electrons. The van der Waals surface area contributed by atoms with Crippen molar-refractivity contribution >= 4 is 29.4 Å². The number of alkyl halides is 6. The van der Waals surface area contributed by atoms with E-state index in [0.717, 1.165) is 41.1 Å². The van der Waals surface area contributed by atoms with Crippen molar-refractivity contribution in [1.82, 2.24) is 0 Å². The molecule has 0 atom stereocenters. The number of carbonyl (C=O) groups is 2. The van der Waals surface area contributed by atoms with E-state index in [1.807, 2.05) is 0 Å². The van der Waals surface area contributed by atoms with Gasteiger partial charge in [-0.15, -0.1) is 0 Å². The number of carbonyl (C=O) groups excluding carboxylic acids is 2. The molecule has 2 aromatic carbocycles. The summed E-state index contributed by atoms with van der Waals surface area (Å²) in [4.78, 5) is 28.1. The molecule has 0 aliphatic carbocycles. The molecule has 1 saturated heterocycles. The number of halogens is 7. The van der Waals surface area contributed by atoms with Crippen LogP contribution in [-0.4, -0.2) is 32.3 Å². The fraction of sp³-hybridized carbons (Fsp3) is 0.217. The predicted octanol–water partition coefficient (Wildman–Crippen LogP) is 6.54. The molecule has 14 heteroatoms. The zero-order chi connectivity index (χ0) is 27.1. The Kier molecular flexibility index (Phi) is 6.52. The lowest BCUT2D eigenvalue weighted by atomic mass is 10.1. The van der Waals surface area contributed by atoms with Gasteiger partial charge in [0.25, 0.3) is 0 Å². The maximum Gasteiger partial charge on any atom is 0.420 e. The van der Waals surface area contributed by atoms with E-state index >= 15 is 0 Å². The number of ether oxygens (including phenoxy) is 1. The van der Waals surface area contributed by atoms with Crippen molar-refractivity contribution in [3.05, 3.63) is 71.7 Å². The Labute approximate surface area is 204 Å². The van der Waals surface area contributed by atoms with Crippen molar-refractivity contribution in [3.8, 4) is 5.75 Å². The van der Waals surface area contributed by atoms with Gasteiger partial charge in [-0.2, -0.15) is 26.3 Å². The summed E-state index contributed by atoms with van der Waals surface area (Å²) in [5.41, 5.74) is -4.51. The van der Waals surface area contributed by atoms with Crippen LogP contribution < -0.4 is 19.4 Å².